The molecule has 0 aliphatic carbocycles. The van der Waals surface area contributed by atoms with Crippen LogP contribution in [0, 0.1) is 0 Å². The van der Waals surface area contributed by atoms with Gasteiger partial charge < -0.3 is 14.2 Å². The van der Waals surface area contributed by atoms with E-state index in [0.29, 0.717) is 19.3 Å². The Labute approximate surface area is 362 Å². The first-order valence-electron chi connectivity index (χ1n) is 23.7. The highest BCUT2D eigenvalue weighted by Gasteiger charge is 2.19. The smallest absolute Gasteiger partial charge is 0.306 e. The lowest BCUT2D eigenvalue weighted by Gasteiger charge is -2.18. The molecule has 0 saturated carbocycles. The zero-order valence-corrected chi connectivity index (χ0v) is 38.0. The second kappa shape index (κ2) is 47.0. The number of carbonyl (C=O) groups is 3. The van der Waals surface area contributed by atoms with Gasteiger partial charge in [-0.1, -0.05) is 182 Å². The summed E-state index contributed by atoms with van der Waals surface area (Å²) in [4.78, 5) is 37.7. The number of allylic oxidation sites excluding steroid dienone is 16. The van der Waals surface area contributed by atoms with E-state index in [2.05, 4.69) is 118 Å². The van der Waals surface area contributed by atoms with Gasteiger partial charge in [-0.25, -0.2) is 0 Å². The van der Waals surface area contributed by atoms with E-state index >= 15 is 0 Å². The van der Waals surface area contributed by atoms with Crippen LogP contribution in [0.25, 0.3) is 0 Å². The second-order valence-electron chi connectivity index (χ2n) is 15.3. The van der Waals surface area contributed by atoms with Gasteiger partial charge in [0.25, 0.3) is 0 Å². The van der Waals surface area contributed by atoms with Crippen LogP contribution in [0.3, 0.4) is 0 Å². The molecule has 6 nitrogen and oxygen atoms in total. The normalized spacial score (nSPS) is 12.9. The van der Waals surface area contributed by atoms with Crippen LogP contribution in [0.1, 0.15) is 201 Å². The number of hydrogen-bond acceptors (Lipinski definition) is 6. The van der Waals surface area contributed by atoms with Crippen molar-refractivity contribution in [2.24, 2.45) is 0 Å². The Hall–Kier alpha value is -3.67. The molecule has 0 saturated heterocycles. The number of ether oxygens (including phenoxy) is 3. The van der Waals surface area contributed by atoms with Gasteiger partial charge in [0.1, 0.15) is 13.2 Å². The van der Waals surface area contributed by atoms with Gasteiger partial charge in [0.05, 0.1) is 0 Å². The first-order valence-corrected chi connectivity index (χ1v) is 23.7. The Morgan fingerprint density at radius 3 is 1.14 bits per heavy atom. The maximum Gasteiger partial charge on any atom is 0.306 e. The molecule has 0 rings (SSSR count). The highest BCUT2D eigenvalue weighted by molar-refractivity contribution is 5.71. The van der Waals surface area contributed by atoms with Gasteiger partial charge >= 0.3 is 17.9 Å². The molecule has 0 radical (unpaired) electrons. The van der Waals surface area contributed by atoms with Crippen LogP contribution in [0.15, 0.2) is 97.2 Å². The summed E-state index contributed by atoms with van der Waals surface area (Å²) in [6.45, 7) is 6.37. The zero-order valence-electron chi connectivity index (χ0n) is 38.0. The van der Waals surface area contributed by atoms with Crippen LogP contribution in [0.4, 0.5) is 0 Å². The lowest BCUT2D eigenvalue weighted by molar-refractivity contribution is -0.167. The maximum atomic E-state index is 12.7. The highest BCUT2D eigenvalue weighted by Crippen LogP contribution is 2.12. The molecule has 0 aliphatic heterocycles. The van der Waals surface area contributed by atoms with Gasteiger partial charge in [-0.15, -0.1) is 0 Å². The first-order chi connectivity index (χ1) is 29.0. The highest BCUT2D eigenvalue weighted by atomic mass is 16.6. The number of unbranched alkanes of at least 4 members (excludes halogenated alkanes) is 14. The number of carbonyl (C=O) groups excluding carboxylic acids is 3. The summed E-state index contributed by atoms with van der Waals surface area (Å²) in [6, 6.07) is 0. The van der Waals surface area contributed by atoms with Crippen LogP contribution in [-0.2, 0) is 28.6 Å². The molecular weight excluding hydrogens is 733 g/mol. The van der Waals surface area contributed by atoms with E-state index in [1.54, 1.807) is 0 Å². The van der Waals surface area contributed by atoms with Gasteiger partial charge in [-0.05, 0) is 96.3 Å². The lowest BCUT2D eigenvalue weighted by Crippen LogP contribution is -2.30. The molecule has 0 spiro atoms. The van der Waals surface area contributed by atoms with E-state index in [1.165, 1.54) is 64.2 Å². The summed E-state index contributed by atoms with van der Waals surface area (Å²) in [6.07, 6.45) is 61.1. The standard InChI is InChI=1S/C53H86O6/c1-4-7-10-13-16-19-21-23-25-26-28-29-31-34-37-40-43-46-52(55)58-49-50(48-57-51(54)45-42-39-36-33-18-15-12-9-6-3)59-53(56)47-44-41-38-35-32-30-27-24-22-20-17-14-11-8-5-2/h8,11,16-17,19-20,23-25,27-29,32,34-35,37,50H,4-7,9-10,12-15,18,21-22,26,30-31,33,36,38-49H2,1-3H3/b11-8-,19-16-,20-17-,25-23-,27-24-,29-28-,35-32-,37-34-/t50-/m1/s1. The van der Waals surface area contributed by atoms with E-state index in [4.69, 9.17) is 14.2 Å². The van der Waals surface area contributed by atoms with Crippen LogP contribution >= 0.6 is 0 Å². The molecular formula is C53H86O6. The molecule has 6 heteroatoms. The molecule has 334 valence electrons. The topological polar surface area (TPSA) is 78.9 Å². The lowest BCUT2D eigenvalue weighted by atomic mass is 10.1. The fraction of sp³-hybridized carbons (Fsp3) is 0.642. The molecule has 0 aromatic rings. The third kappa shape index (κ3) is 45.3. The van der Waals surface area contributed by atoms with Gasteiger partial charge in [0.15, 0.2) is 6.10 Å². The van der Waals surface area contributed by atoms with E-state index in [1.807, 2.05) is 0 Å². The van der Waals surface area contributed by atoms with Gasteiger partial charge in [0, 0.05) is 19.3 Å². The Balaban J connectivity index is 4.53. The molecule has 0 heterocycles. The molecule has 0 aromatic carbocycles. The van der Waals surface area contributed by atoms with Gasteiger partial charge in [-0.3, -0.25) is 14.4 Å². The third-order valence-electron chi connectivity index (χ3n) is 9.57. The molecule has 59 heavy (non-hydrogen) atoms. The quantitative estimate of drug-likeness (QED) is 0.0265. The van der Waals surface area contributed by atoms with Crippen molar-refractivity contribution >= 4 is 17.9 Å². The van der Waals surface area contributed by atoms with Crippen molar-refractivity contribution in [2.75, 3.05) is 13.2 Å². The summed E-state index contributed by atoms with van der Waals surface area (Å²) in [5, 5.41) is 0. The fourth-order valence-corrected chi connectivity index (χ4v) is 6.01. The Kier molecular flexibility index (Phi) is 44.1. The van der Waals surface area contributed by atoms with Gasteiger partial charge in [0.2, 0.25) is 0 Å². The molecule has 0 aliphatic rings. The zero-order chi connectivity index (χ0) is 43.0. The molecule has 1 atom stereocenters. The number of rotatable bonds is 41. The summed E-state index contributed by atoms with van der Waals surface area (Å²) >= 11 is 0. The van der Waals surface area contributed by atoms with E-state index < -0.39 is 6.10 Å². The Bertz CT molecular complexity index is 1220. The molecule has 0 bridgehead atoms. The van der Waals surface area contributed by atoms with E-state index in [9.17, 15) is 14.4 Å². The van der Waals surface area contributed by atoms with Crippen LogP contribution in [0.5, 0.6) is 0 Å². The third-order valence-corrected chi connectivity index (χ3v) is 9.57. The SMILES string of the molecule is CC/C=C\C/C=C\C/C=C\C/C=C\CCCCC(=O)O[C@@H](COC(=O)CCC/C=C\C/C=C\C/C=C\C/C=C\CCCCC)COC(=O)CCCCCCCCCCC. The van der Waals surface area contributed by atoms with Gasteiger partial charge in [-0.2, -0.15) is 0 Å². The average molecular weight is 819 g/mol. The summed E-state index contributed by atoms with van der Waals surface area (Å²) < 4.78 is 16.6. The Morgan fingerprint density at radius 1 is 0.356 bits per heavy atom. The van der Waals surface area contributed by atoms with E-state index in [-0.39, 0.29) is 44.0 Å². The monoisotopic (exact) mass is 819 g/mol. The Morgan fingerprint density at radius 2 is 0.678 bits per heavy atom. The first kappa shape index (κ1) is 55.3. The fourth-order valence-electron chi connectivity index (χ4n) is 6.01. The van der Waals surface area contributed by atoms with Crippen molar-refractivity contribution in [2.45, 2.75) is 207 Å². The molecule has 0 aromatic heterocycles. The predicted octanol–water partition coefficient (Wildman–Crippen LogP) is 15.4. The number of esters is 3. The van der Waals surface area contributed by atoms with Crippen LogP contribution < -0.4 is 0 Å². The average Bonchev–Trinajstić information content (AvgIpc) is 3.23. The van der Waals surface area contributed by atoms with Crippen molar-refractivity contribution in [1.29, 1.82) is 0 Å². The van der Waals surface area contributed by atoms with Crippen LogP contribution in [-0.4, -0.2) is 37.2 Å². The minimum Gasteiger partial charge on any atom is -0.462 e. The van der Waals surface area contributed by atoms with Crippen LogP contribution in [0.2, 0.25) is 0 Å². The second-order valence-corrected chi connectivity index (χ2v) is 15.3. The molecule has 0 amide bonds. The molecule has 0 fully saturated rings. The summed E-state index contributed by atoms with van der Waals surface area (Å²) in [5.74, 6) is -1.02. The predicted molar refractivity (Wildman–Crippen MR) is 251 cm³/mol. The number of hydrogen-bond donors (Lipinski definition) is 0. The van der Waals surface area contributed by atoms with Crippen molar-refractivity contribution < 1.29 is 28.6 Å². The van der Waals surface area contributed by atoms with Crippen molar-refractivity contribution in [3.8, 4) is 0 Å². The minimum absolute atomic E-state index is 0.112. The molecule has 0 unspecified atom stereocenters. The minimum atomic E-state index is -0.818. The van der Waals surface area contributed by atoms with Crippen molar-refractivity contribution in [1.82, 2.24) is 0 Å². The maximum absolute atomic E-state index is 12.7. The van der Waals surface area contributed by atoms with Crippen molar-refractivity contribution in [3.05, 3.63) is 97.2 Å². The summed E-state index contributed by atoms with van der Waals surface area (Å²) in [7, 11) is 0. The van der Waals surface area contributed by atoms with E-state index in [0.717, 1.165) is 83.5 Å². The molecule has 0 N–H and O–H groups in total. The summed E-state index contributed by atoms with van der Waals surface area (Å²) in [5.41, 5.74) is 0. The van der Waals surface area contributed by atoms with Crippen molar-refractivity contribution in [3.63, 3.8) is 0 Å². The largest absolute Gasteiger partial charge is 0.462 e.